The van der Waals surface area contributed by atoms with E-state index >= 15 is 0 Å². The molecule has 2 aliphatic rings. The largest absolute Gasteiger partial charge is 0.306 e. The Labute approximate surface area is 107 Å². The normalized spacial score (nSPS) is 25.3. The van der Waals surface area contributed by atoms with Crippen LogP contribution in [-0.4, -0.2) is 45.5 Å². The first-order chi connectivity index (χ1) is 8.49. The average molecular weight is 267 g/mol. The van der Waals surface area contributed by atoms with Crippen LogP contribution in [0.5, 0.6) is 0 Å². The molecule has 6 heteroatoms. The second-order valence-electron chi connectivity index (χ2n) is 5.16. The number of hydrogen-bond donors (Lipinski definition) is 0. The second kappa shape index (κ2) is 3.68. The minimum absolute atomic E-state index is 0.660. The Balaban J connectivity index is 2.19. The SMILES string of the molecule is CN1CCC2(CC1)c1ccncc1N(C)S2(=O)=O. The van der Waals surface area contributed by atoms with Crippen molar-refractivity contribution in [2.75, 3.05) is 31.5 Å². The zero-order valence-electron chi connectivity index (χ0n) is 10.6. The Kier molecular flexibility index (Phi) is 2.44. The third-order valence-electron chi connectivity index (χ3n) is 4.28. The van der Waals surface area contributed by atoms with Crippen LogP contribution >= 0.6 is 0 Å². The summed E-state index contributed by atoms with van der Waals surface area (Å²) < 4.78 is 26.1. The molecule has 0 radical (unpaired) electrons. The van der Waals surface area contributed by atoms with E-state index in [2.05, 4.69) is 9.88 Å². The van der Waals surface area contributed by atoms with Gasteiger partial charge in [0.05, 0.1) is 11.9 Å². The molecule has 1 saturated heterocycles. The molecule has 0 aromatic carbocycles. The highest BCUT2D eigenvalue weighted by Crippen LogP contribution is 2.51. The van der Waals surface area contributed by atoms with Gasteiger partial charge in [-0.1, -0.05) is 0 Å². The molecule has 5 nitrogen and oxygen atoms in total. The number of rotatable bonds is 0. The number of nitrogens with zero attached hydrogens (tertiary/aromatic N) is 3. The first-order valence-corrected chi connectivity index (χ1v) is 7.54. The number of likely N-dealkylation sites (tertiary alicyclic amines) is 1. The van der Waals surface area contributed by atoms with Crippen LogP contribution in [-0.2, 0) is 14.8 Å². The fourth-order valence-corrected chi connectivity index (χ4v) is 5.14. The van der Waals surface area contributed by atoms with Crippen LogP contribution < -0.4 is 4.31 Å². The standard InChI is InChI=1S/C12H17N3O2S/c1-14-7-4-12(5-8-14)10-3-6-13-9-11(10)15(2)18(12,16)17/h3,6,9H,4-5,7-8H2,1-2H3. The highest BCUT2D eigenvalue weighted by Gasteiger charge is 2.55. The molecule has 1 aromatic rings. The smallest absolute Gasteiger partial charge is 0.245 e. The molecule has 3 heterocycles. The maximum atomic E-state index is 12.7. The van der Waals surface area contributed by atoms with Gasteiger partial charge in [0, 0.05) is 18.8 Å². The van der Waals surface area contributed by atoms with Gasteiger partial charge in [0.25, 0.3) is 0 Å². The number of anilines is 1. The van der Waals surface area contributed by atoms with Crippen molar-refractivity contribution in [3.05, 3.63) is 24.0 Å². The van der Waals surface area contributed by atoms with Crippen molar-refractivity contribution in [1.82, 2.24) is 9.88 Å². The molecule has 0 saturated carbocycles. The van der Waals surface area contributed by atoms with Crippen LogP contribution in [0.1, 0.15) is 18.4 Å². The predicted molar refractivity (Wildman–Crippen MR) is 70.0 cm³/mol. The van der Waals surface area contributed by atoms with E-state index in [0.717, 1.165) is 24.3 Å². The third-order valence-corrected chi connectivity index (χ3v) is 6.81. The number of fused-ring (bicyclic) bond motifs is 2. The first-order valence-electron chi connectivity index (χ1n) is 6.10. The Bertz CT molecular complexity index is 577. The number of piperidine rings is 1. The van der Waals surface area contributed by atoms with Crippen molar-refractivity contribution >= 4 is 15.7 Å². The molecular weight excluding hydrogens is 250 g/mol. The third kappa shape index (κ3) is 1.30. The molecule has 0 N–H and O–H groups in total. The van der Waals surface area contributed by atoms with Crippen LogP contribution in [0.3, 0.4) is 0 Å². The molecule has 0 bridgehead atoms. The fraction of sp³-hybridized carbons (Fsp3) is 0.583. The molecule has 1 fully saturated rings. The van der Waals surface area contributed by atoms with Gasteiger partial charge in [0.2, 0.25) is 10.0 Å². The molecule has 0 atom stereocenters. The van der Waals surface area contributed by atoms with Crippen LogP contribution in [0, 0.1) is 0 Å². The molecule has 1 spiro atoms. The fourth-order valence-electron chi connectivity index (χ4n) is 3.06. The topological polar surface area (TPSA) is 53.5 Å². The van der Waals surface area contributed by atoms with Gasteiger partial charge >= 0.3 is 0 Å². The van der Waals surface area contributed by atoms with Crippen LogP contribution in [0.25, 0.3) is 0 Å². The van der Waals surface area contributed by atoms with Gasteiger partial charge in [-0.3, -0.25) is 9.29 Å². The maximum absolute atomic E-state index is 12.7. The lowest BCUT2D eigenvalue weighted by molar-refractivity contribution is 0.235. The number of hydrogen-bond acceptors (Lipinski definition) is 4. The molecule has 98 valence electrons. The minimum atomic E-state index is -3.30. The number of aromatic nitrogens is 1. The lowest BCUT2D eigenvalue weighted by Crippen LogP contribution is -2.46. The summed E-state index contributed by atoms with van der Waals surface area (Å²) >= 11 is 0. The molecule has 3 rings (SSSR count). The van der Waals surface area contributed by atoms with E-state index in [1.54, 1.807) is 19.4 Å². The summed E-state index contributed by atoms with van der Waals surface area (Å²) in [5, 5.41) is 0. The molecule has 0 unspecified atom stereocenters. The Morgan fingerprint density at radius 1 is 1.28 bits per heavy atom. The van der Waals surface area contributed by atoms with Crippen molar-refractivity contribution < 1.29 is 8.42 Å². The maximum Gasteiger partial charge on any atom is 0.245 e. The highest BCUT2D eigenvalue weighted by atomic mass is 32.2. The van der Waals surface area contributed by atoms with Gasteiger partial charge in [-0.15, -0.1) is 0 Å². The zero-order chi connectivity index (χ0) is 13.0. The highest BCUT2D eigenvalue weighted by molar-refractivity contribution is 7.94. The van der Waals surface area contributed by atoms with Crippen LogP contribution in [0.15, 0.2) is 18.5 Å². The van der Waals surface area contributed by atoms with Gasteiger partial charge < -0.3 is 4.90 Å². The van der Waals surface area contributed by atoms with Gasteiger partial charge in [0.15, 0.2) is 0 Å². The summed E-state index contributed by atoms with van der Waals surface area (Å²) in [5.74, 6) is 0. The van der Waals surface area contributed by atoms with E-state index in [9.17, 15) is 8.42 Å². The first kappa shape index (κ1) is 11.9. The predicted octanol–water partition coefficient (Wildman–Crippen LogP) is 0.782. The van der Waals surface area contributed by atoms with Gasteiger partial charge in [0.1, 0.15) is 4.75 Å². The summed E-state index contributed by atoms with van der Waals surface area (Å²) in [7, 11) is 0.357. The summed E-state index contributed by atoms with van der Waals surface area (Å²) in [6.45, 7) is 1.63. The average Bonchev–Trinajstić information content (AvgIpc) is 2.53. The van der Waals surface area contributed by atoms with Crippen molar-refractivity contribution in [2.45, 2.75) is 17.6 Å². The van der Waals surface area contributed by atoms with E-state index in [4.69, 9.17) is 0 Å². The lowest BCUT2D eigenvalue weighted by atomic mass is 9.88. The van der Waals surface area contributed by atoms with Gasteiger partial charge in [-0.05, 0) is 39.0 Å². The Hall–Kier alpha value is -1.14. The minimum Gasteiger partial charge on any atom is -0.306 e. The van der Waals surface area contributed by atoms with Crippen molar-refractivity contribution in [1.29, 1.82) is 0 Å². The van der Waals surface area contributed by atoms with E-state index in [1.165, 1.54) is 4.31 Å². The molecule has 18 heavy (non-hydrogen) atoms. The van der Waals surface area contributed by atoms with Crippen molar-refractivity contribution in [2.24, 2.45) is 0 Å². The molecule has 2 aliphatic heterocycles. The molecule has 0 amide bonds. The second-order valence-corrected chi connectivity index (χ2v) is 7.44. The van der Waals surface area contributed by atoms with E-state index in [1.807, 2.05) is 13.1 Å². The van der Waals surface area contributed by atoms with Crippen molar-refractivity contribution in [3.8, 4) is 0 Å². The van der Waals surface area contributed by atoms with Gasteiger partial charge in [-0.25, -0.2) is 8.42 Å². The van der Waals surface area contributed by atoms with Crippen LogP contribution in [0.4, 0.5) is 5.69 Å². The monoisotopic (exact) mass is 267 g/mol. The number of pyridine rings is 1. The Morgan fingerprint density at radius 2 is 1.94 bits per heavy atom. The Morgan fingerprint density at radius 3 is 2.61 bits per heavy atom. The summed E-state index contributed by atoms with van der Waals surface area (Å²) in [6, 6.07) is 1.86. The molecular formula is C12H17N3O2S. The zero-order valence-corrected chi connectivity index (χ0v) is 11.4. The summed E-state index contributed by atoms with van der Waals surface area (Å²) in [4.78, 5) is 6.23. The van der Waals surface area contributed by atoms with Crippen LogP contribution in [0.2, 0.25) is 0 Å². The summed E-state index contributed by atoms with van der Waals surface area (Å²) in [5.41, 5.74) is 1.66. The molecule has 1 aromatic heterocycles. The molecule has 0 aliphatic carbocycles. The number of sulfonamides is 1. The van der Waals surface area contributed by atoms with Gasteiger partial charge in [-0.2, -0.15) is 0 Å². The quantitative estimate of drug-likeness (QED) is 0.697. The van der Waals surface area contributed by atoms with E-state index < -0.39 is 14.8 Å². The van der Waals surface area contributed by atoms with E-state index in [-0.39, 0.29) is 0 Å². The summed E-state index contributed by atoms with van der Waals surface area (Å²) in [6.07, 6.45) is 4.66. The van der Waals surface area contributed by atoms with E-state index in [0.29, 0.717) is 12.8 Å². The van der Waals surface area contributed by atoms with Crippen molar-refractivity contribution in [3.63, 3.8) is 0 Å². The lowest BCUT2D eigenvalue weighted by Gasteiger charge is -2.37.